The maximum Gasteiger partial charge on any atom is 0.123 e. The van der Waals surface area contributed by atoms with E-state index in [0.29, 0.717) is 6.04 Å². The second kappa shape index (κ2) is 5.74. The first-order chi connectivity index (χ1) is 8.66. The van der Waals surface area contributed by atoms with E-state index in [-0.39, 0.29) is 5.82 Å². The normalized spacial score (nSPS) is 10.9. The van der Waals surface area contributed by atoms with Crippen molar-refractivity contribution in [3.8, 4) is 11.1 Å². The van der Waals surface area contributed by atoms with Crippen molar-refractivity contribution in [2.75, 3.05) is 0 Å². The van der Waals surface area contributed by atoms with Gasteiger partial charge in [0.05, 0.1) is 0 Å². The van der Waals surface area contributed by atoms with Crippen molar-refractivity contribution in [2.45, 2.75) is 26.4 Å². The van der Waals surface area contributed by atoms with Gasteiger partial charge in [-0.1, -0.05) is 19.9 Å². The monoisotopic (exact) mass is 244 g/mol. The maximum absolute atomic E-state index is 13.4. The molecule has 1 heterocycles. The van der Waals surface area contributed by atoms with Crippen molar-refractivity contribution in [1.82, 2.24) is 10.3 Å². The lowest BCUT2D eigenvalue weighted by Gasteiger charge is -2.13. The molecule has 94 valence electrons. The maximum atomic E-state index is 13.4. The molecule has 0 saturated carbocycles. The molecule has 0 saturated heterocycles. The van der Waals surface area contributed by atoms with Gasteiger partial charge in [0.15, 0.2) is 0 Å². The molecule has 1 aromatic carbocycles. The summed E-state index contributed by atoms with van der Waals surface area (Å²) in [5.74, 6) is -0.213. The van der Waals surface area contributed by atoms with Gasteiger partial charge in [-0.25, -0.2) is 4.39 Å². The third-order valence-corrected chi connectivity index (χ3v) is 2.76. The highest BCUT2D eigenvalue weighted by Crippen LogP contribution is 2.24. The minimum atomic E-state index is -0.213. The number of aromatic nitrogens is 1. The first kappa shape index (κ1) is 12.7. The summed E-state index contributed by atoms with van der Waals surface area (Å²) in [5, 5.41) is 3.35. The van der Waals surface area contributed by atoms with Gasteiger partial charge in [-0.05, 0) is 41.0 Å². The molecule has 0 aliphatic rings. The molecular weight excluding hydrogens is 227 g/mol. The Morgan fingerprint density at radius 2 is 1.89 bits per heavy atom. The van der Waals surface area contributed by atoms with E-state index in [9.17, 15) is 4.39 Å². The molecule has 2 aromatic rings. The highest BCUT2D eigenvalue weighted by atomic mass is 19.1. The fourth-order valence-corrected chi connectivity index (χ4v) is 1.82. The third-order valence-electron chi connectivity index (χ3n) is 2.76. The van der Waals surface area contributed by atoms with E-state index < -0.39 is 0 Å². The lowest BCUT2D eigenvalue weighted by atomic mass is 10.0. The van der Waals surface area contributed by atoms with Crippen LogP contribution in [0.15, 0.2) is 42.7 Å². The largest absolute Gasteiger partial charge is 0.310 e. The molecule has 3 heteroatoms. The van der Waals surface area contributed by atoms with Crippen LogP contribution in [-0.2, 0) is 6.54 Å². The molecular formula is C15H17FN2. The van der Waals surface area contributed by atoms with Gasteiger partial charge in [-0.3, -0.25) is 4.98 Å². The van der Waals surface area contributed by atoms with E-state index in [1.807, 2.05) is 18.2 Å². The van der Waals surface area contributed by atoms with E-state index in [1.165, 1.54) is 6.07 Å². The van der Waals surface area contributed by atoms with Gasteiger partial charge in [-0.15, -0.1) is 0 Å². The van der Waals surface area contributed by atoms with Crippen LogP contribution in [-0.4, -0.2) is 11.0 Å². The second-order valence-electron chi connectivity index (χ2n) is 4.57. The van der Waals surface area contributed by atoms with Gasteiger partial charge in [0, 0.05) is 25.0 Å². The lowest BCUT2D eigenvalue weighted by Crippen LogP contribution is -2.22. The highest BCUT2D eigenvalue weighted by molar-refractivity contribution is 5.66. The van der Waals surface area contributed by atoms with E-state index in [0.717, 1.165) is 23.2 Å². The summed E-state index contributed by atoms with van der Waals surface area (Å²) in [6, 6.07) is 9.11. The van der Waals surface area contributed by atoms with Crippen LogP contribution in [0, 0.1) is 5.82 Å². The Bertz CT molecular complexity index is 509. The third kappa shape index (κ3) is 3.14. The molecule has 0 atom stereocenters. The summed E-state index contributed by atoms with van der Waals surface area (Å²) in [5.41, 5.74) is 3.01. The standard InChI is InChI=1S/C15H17FN2/c1-11(2)18-10-13-3-4-14(16)9-15(13)12-5-7-17-8-6-12/h3-9,11,18H,10H2,1-2H3. The SMILES string of the molecule is CC(C)NCc1ccc(F)cc1-c1ccncc1. The molecule has 1 N–H and O–H groups in total. The van der Waals surface area contributed by atoms with E-state index in [4.69, 9.17) is 0 Å². The Kier molecular flexibility index (Phi) is 4.05. The second-order valence-corrected chi connectivity index (χ2v) is 4.57. The Labute approximate surface area is 107 Å². The van der Waals surface area contributed by atoms with Gasteiger partial charge < -0.3 is 5.32 Å². The Morgan fingerprint density at radius 3 is 2.56 bits per heavy atom. The number of benzene rings is 1. The fraction of sp³-hybridized carbons (Fsp3) is 0.267. The van der Waals surface area contributed by atoms with Crippen molar-refractivity contribution >= 4 is 0 Å². The Hall–Kier alpha value is -1.74. The number of rotatable bonds is 4. The summed E-state index contributed by atoms with van der Waals surface area (Å²) in [7, 11) is 0. The van der Waals surface area contributed by atoms with Crippen LogP contribution in [0.4, 0.5) is 4.39 Å². The molecule has 2 rings (SSSR count). The molecule has 2 nitrogen and oxygen atoms in total. The number of nitrogens with one attached hydrogen (secondary N) is 1. The molecule has 0 spiro atoms. The molecule has 0 aliphatic carbocycles. The minimum Gasteiger partial charge on any atom is -0.310 e. The summed E-state index contributed by atoms with van der Waals surface area (Å²) < 4.78 is 13.4. The van der Waals surface area contributed by atoms with Crippen LogP contribution in [0.2, 0.25) is 0 Å². The van der Waals surface area contributed by atoms with Gasteiger partial charge >= 0.3 is 0 Å². The van der Waals surface area contributed by atoms with Gasteiger partial charge in [0.2, 0.25) is 0 Å². The van der Waals surface area contributed by atoms with Crippen LogP contribution in [0.3, 0.4) is 0 Å². The number of nitrogens with zero attached hydrogens (tertiary/aromatic N) is 1. The summed E-state index contributed by atoms with van der Waals surface area (Å²) in [6.45, 7) is 4.92. The number of pyridine rings is 1. The summed E-state index contributed by atoms with van der Waals surface area (Å²) >= 11 is 0. The molecule has 0 radical (unpaired) electrons. The van der Waals surface area contributed by atoms with Crippen LogP contribution in [0.1, 0.15) is 19.4 Å². The average molecular weight is 244 g/mol. The van der Waals surface area contributed by atoms with Crippen molar-refractivity contribution in [1.29, 1.82) is 0 Å². The fourth-order valence-electron chi connectivity index (χ4n) is 1.82. The Morgan fingerprint density at radius 1 is 1.17 bits per heavy atom. The first-order valence-electron chi connectivity index (χ1n) is 6.09. The predicted molar refractivity (Wildman–Crippen MR) is 71.6 cm³/mol. The molecule has 0 unspecified atom stereocenters. The molecule has 0 fully saturated rings. The quantitative estimate of drug-likeness (QED) is 0.891. The smallest absolute Gasteiger partial charge is 0.123 e. The van der Waals surface area contributed by atoms with Crippen molar-refractivity contribution in [3.63, 3.8) is 0 Å². The predicted octanol–water partition coefficient (Wildman–Crippen LogP) is 3.39. The van der Waals surface area contributed by atoms with Crippen LogP contribution >= 0.6 is 0 Å². The van der Waals surface area contributed by atoms with E-state index in [1.54, 1.807) is 18.5 Å². The lowest BCUT2D eigenvalue weighted by molar-refractivity contribution is 0.587. The Balaban J connectivity index is 2.35. The zero-order chi connectivity index (χ0) is 13.0. The van der Waals surface area contributed by atoms with Crippen molar-refractivity contribution in [3.05, 3.63) is 54.1 Å². The summed E-state index contributed by atoms with van der Waals surface area (Å²) in [4.78, 5) is 3.99. The van der Waals surface area contributed by atoms with Crippen molar-refractivity contribution < 1.29 is 4.39 Å². The molecule has 0 aliphatic heterocycles. The topological polar surface area (TPSA) is 24.9 Å². The van der Waals surface area contributed by atoms with Crippen LogP contribution in [0.5, 0.6) is 0 Å². The van der Waals surface area contributed by atoms with Crippen LogP contribution < -0.4 is 5.32 Å². The molecule has 18 heavy (non-hydrogen) atoms. The van der Waals surface area contributed by atoms with Crippen molar-refractivity contribution in [2.24, 2.45) is 0 Å². The number of halogens is 1. The first-order valence-corrected chi connectivity index (χ1v) is 6.09. The van der Waals surface area contributed by atoms with Crippen LogP contribution in [0.25, 0.3) is 11.1 Å². The van der Waals surface area contributed by atoms with E-state index >= 15 is 0 Å². The zero-order valence-corrected chi connectivity index (χ0v) is 10.7. The van der Waals surface area contributed by atoms with Gasteiger partial charge in [0.1, 0.15) is 5.82 Å². The molecule has 0 bridgehead atoms. The van der Waals surface area contributed by atoms with Gasteiger partial charge in [-0.2, -0.15) is 0 Å². The summed E-state index contributed by atoms with van der Waals surface area (Å²) in [6.07, 6.45) is 3.44. The average Bonchev–Trinajstić information content (AvgIpc) is 2.38. The minimum absolute atomic E-state index is 0.213. The van der Waals surface area contributed by atoms with E-state index in [2.05, 4.69) is 24.1 Å². The molecule has 0 amide bonds. The number of hydrogen-bond donors (Lipinski definition) is 1. The molecule has 1 aromatic heterocycles. The zero-order valence-electron chi connectivity index (χ0n) is 10.7. The van der Waals surface area contributed by atoms with Gasteiger partial charge in [0.25, 0.3) is 0 Å². The highest BCUT2D eigenvalue weighted by Gasteiger charge is 2.07. The number of hydrogen-bond acceptors (Lipinski definition) is 2.